The molecule has 0 saturated carbocycles. The molecule has 1 saturated heterocycles. The Balaban J connectivity index is 1.38. The van der Waals surface area contributed by atoms with Crippen molar-refractivity contribution in [3.63, 3.8) is 0 Å². The molecule has 4 rings (SSSR count). The standard InChI is InChI=1S/C18H22N6O/c25-18(16-19-8-3-9-20-16)23-13-6-10-24(11-7-13)17-14-4-1-2-5-15(14)21-12-22-17/h3,8-9,12-13H,1-2,4-7,10-11H2,(H,23,25). The van der Waals surface area contributed by atoms with Crippen LogP contribution < -0.4 is 10.2 Å². The second-order valence-electron chi connectivity index (χ2n) is 6.64. The maximum Gasteiger partial charge on any atom is 0.289 e. The van der Waals surface area contributed by atoms with Crippen LogP contribution in [-0.4, -0.2) is 45.0 Å². The van der Waals surface area contributed by atoms with E-state index in [1.165, 1.54) is 24.1 Å². The maximum absolute atomic E-state index is 12.2. The average Bonchev–Trinajstić information content (AvgIpc) is 2.69. The van der Waals surface area contributed by atoms with Crippen LogP contribution in [0.5, 0.6) is 0 Å². The third-order valence-electron chi connectivity index (χ3n) is 5.00. The second kappa shape index (κ2) is 7.13. The predicted octanol–water partition coefficient (Wildman–Crippen LogP) is 1.54. The van der Waals surface area contributed by atoms with Crippen molar-refractivity contribution in [2.24, 2.45) is 0 Å². The molecule has 7 heteroatoms. The second-order valence-corrected chi connectivity index (χ2v) is 6.64. The van der Waals surface area contributed by atoms with Crippen molar-refractivity contribution in [2.45, 2.75) is 44.6 Å². The summed E-state index contributed by atoms with van der Waals surface area (Å²) in [6.45, 7) is 1.79. The van der Waals surface area contributed by atoms with E-state index < -0.39 is 0 Å². The van der Waals surface area contributed by atoms with E-state index in [0.717, 1.165) is 44.6 Å². The highest BCUT2D eigenvalue weighted by Gasteiger charge is 2.25. The van der Waals surface area contributed by atoms with E-state index >= 15 is 0 Å². The van der Waals surface area contributed by atoms with Crippen LogP contribution >= 0.6 is 0 Å². The zero-order chi connectivity index (χ0) is 17.1. The fourth-order valence-electron chi connectivity index (χ4n) is 3.68. The van der Waals surface area contributed by atoms with Crippen LogP contribution in [0.4, 0.5) is 5.82 Å². The molecule has 130 valence electrons. The molecule has 1 fully saturated rings. The lowest BCUT2D eigenvalue weighted by atomic mass is 9.95. The summed E-state index contributed by atoms with van der Waals surface area (Å²) in [5.41, 5.74) is 2.54. The lowest BCUT2D eigenvalue weighted by Crippen LogP contribution is -2.45. The SMILES string of the molecule is O=C(NC1CCN(c2ncnc3c2CCCC3)CC1)c1ncccn1. The molecule has 0 unspecified atom stereocenters. The van der Waals surface area contributed by atoms with Gasteiger partial charge in [-0.3, -0.25) is 4.79 Å². The Morgan fingerprint density at radius 1 is 1.04 bits per heavy atom. The summed E-state index contributed by atoms with van der Waals surface area (Å²) in [6, 6.07) is 1.86. The van der Waals surface area contributed by atoms with Gasteiger partial charge in [0.05, 0.1) is 0 Å². The van der Waals surface area contributed by atoms with Gasteiger partial charge >= 0.3 is 0 Å². The number of fused-ring (bicyclic) bond motifs is 1. The van der Waals surface area contributed by atoms with Crippen molar-refractivity contribution < 1.29 is 4.79 Å². The highest BCUT2D eigenvalue weighted by molar-refractivity contribution is 5.90. The van der Waals surface area contributed by atoms with Crippen molar-refractivity contribution in [3.05, 3.63) is 41.9 Å². The molecule has 3 heterocycles. The Bertz CT molecular complexity index is 742. The number of anilines is 1. The molecule has 1 aliphatic heterocycles. The van der Waals surface area contributed by atoms with E-state index in [-0.39, 0.29) is 17.8 Å². The molecule has 25 heavy (non-hydrogen) atoms. The molecule has 1 N–H and O–H groups in total. The summed E-state index contributed by atoms with van der Waals surface area (Å²) < 4.78 is 0. The zero-order valence-electron chi connectivity index (χ0n) is 14.2. The number of carbonyl (C=O) groups excluding carboxylic acids is 1. The van der Waals surface area contributed by atoms with E-state index in [4.69, 9.17) is 0 Å². The largest absolute Gasteiger partial charge is 0.356 e. The number of nitrogens with one attached hydrogen (secondary N) is 1. The van der Waals surface area contributed by atoms with Crippen LogP contribution in [0.1, 0.15) is 47.6 Å². The molecule has 2 aliphatic rings. The van der Waals surface area contributed by atoms with Crippen LogP contribution in [0, 0.1) is 0 Å². The quantitative estimate of drug-likeness (QED) is 0.914. The minimum Gasteiger partial charge on any atom is -0.356 e. The molecule has 0 aromatic carbocycles. The fraction of sp³-hybridized carbons (Fsp3) is 0.500. The summed E-state index contributed by atoms with van der Waals surface area (Å²) in [6.07, 6.45) is 11.2. The van der Waals surface area contributed by atoms with E-state index in [9.17, 15) is 4.79 Å². The van der Waals surface area contributed by atoms with Crippen LogP contribution in [0.15, 0.2) is 24.8 Å². The summed E-state index contributed by atoms with van der Waals surface area (Å²) in [7, 11) is 0. The van der Waals surface area contributed by atoms with Gasteiger partial charge in [0.25, 0.3) is 5.91 Å². The first-order valence-electron chi connectivity index (χ1n) is 8.97. The molecule has 2 aromatic heterocycles. The van der Waals surface area contributed by atoms with Gasteiger partial charge < -0.3 is 10.2 Å². The minimum atomic E-state index is -0.196. The van der Waals surface area contributed by atoms with Gasteiger partial charge in [0.1, 0.15) is 12.1 Å². The van der Waals surface area contributed by atoms with Crippen LogP contribution in [0.2, 0.25) is 0 Å². The third kappa shape index (κ3) is 3.45. The summed E-state index contributed by atoms with van der Waals surface area (Å²) in [5, 5.41) is 3.05. The first-order chi connectivity index (χ1) is 12.3. The predicted molar refractivity (Wildman–Crippen MR) is 93.4 cm³/mol. The van der Waals surface area contributed by atoms with Crippen LogP contribution in [-0.2, 0) is 12.8 Å². The molecular weight excluding hydrogens is 316 g/mol. The third-order valence-corrected chi connectivity index (χ3v) is 5.00. The van der Waals surface area contributed by atoms with Gasteiger partial charge in [-0.2, -0.15) is 0 Å². The molecule has 1 aliphatic carbocycles. The van der Waals surface area contributed by atoms with Gasteiger partial charge in [-0.25, -0.2) is 19.9 Å². The monoisotopic (exact) mass is 338 g/mol. The van der Waals surface area contributed by atoms with E-state index in [2.05, 4.69) is 30.2 Å². The van der Waals surface area contributed by atoms with Crippen LogP contribution in [0.25, 0.3) is 0 Å². The number of aromatic nitrogens is 4. The average molecular weight is 338 g/mol. The summed E-state index contributed by atoms with van der Waals surface area (Å²) in [5.74, 6) is 1.13. The number of carbonyl (C=O) groups is 1. The van der Waals surface area contributed by atoms with Crippen molar-refractivity contribution in [1.29, 1.82) is 0 Å². The molecule has 0 atom stereocenters. The normalized spacial score (nSPS) is 17.8. The van der Waals surface area contributed by atoms with Crippen molar-refractivity contribution >= 4 is 11.7 Å². The number of hydrogen-bond donors (Lipinski definition) is 1. The lowest BCUT2D eigenvalue weighted by Gasteiger charge is -2.34. The van der Waals surface area contributed by atoms with E-state index in [1.54, 1.807) is 24.8 Å². The lowest BCUT2D eigenvalue weighted by molar-refractivity contribution is 0.0920. The maximum atomic E-state index is 12.2. The molecule has 1 amide bonds. The fourth-order valence-corrected chi connectivity index (χ4v) is 3.68. The number of hydrogen-bond acceptors (Lipinski definition) is 6. The smallest absolute Gasteiger partial charge is 0.289 e. The van der Waals surface area contributed by atoms with Gasteiger partial charge in [0.2, 0.25) is 5.82 Å². The summed E-state index contributed by atoms with van der Waals surface area (Å²) in [4.78, 5) is 31.5. The topological polar surface area (TPSA) is 83.9 Å². The molecular formula is C18H22N6O. The molecule has 0 bridgehead atoms. The van der Waals surface area contributed by atoms with Gasteiger partial charge in [0, 0.05) is 42.8 Å². The van der Waals surface area contributed by atoms with E-state index in [0.29, 0.717) is 0 Å². The Kier molecular flexibility index (Phi) is 4.54. The Labute approximate surface area is 146 Å². The number of nitrogens with zero attached hydrogens (tertiary/aromatic N) is 5. The van der Waals surface area contributed by atoms with Crippen molar-refractivity contribution in [3.8, 4) is 0 Å². The molecule has 2 aromatic rings. The Morgan fingerprint density at radius 3 is 2.60 bits per heavy atom. The Morgan fingerprint density at radius 2 is 1.80 bits per heavy atom. The van der Waals surface area contributed by atoms with Gasteiger partial charge in [-0.1, -0.05) is 0 Å². The summed E-state index contributed by atoms with van der Waals surface area (Å²) >= 11 is 0. The number of amides is 1. The van der Waals surface area contributed by atoms with Gasteiger partial charge in [-0.15, -0.1) is 0 Å². The van der Waals surface area contributed by atoms with Crippen molar-refractivity contribution in [1.82, 2.24) is 25.3 Å². The number of aryl methyl sites for hydroxylation is 1. The first-order valence-corrected chi connectivity index (χ1v) is 8.97. The minimum absolute atomic E-state index is 0.158. The molecule has 0 spiro atoms. The van der Waals surface area contributed by atoms with Crippen molar-refractivity contribution in [2.75, 3.05) is 18.0 Å². The highest BCUT2D eigenvalue weighted by Crippen LogP contribution is 2.28. The number of rotatable bonds is 3. The zero-order valence-corrected chi connectivity index (χ0v) is 14.2. The van der Waals surface area contributed by atoms with E-state index in [1.807, 2.05) is 0 Å². The van der Waals surface area contributed by atoms with Gasteiger partial charge in [-0.05, 0) is 44.6 Å². The van der Waals surface area contributed by atoms with Gasteiger partial charge in [0.15, 0.2) is 0 Å². The Hall–Kier alpha value is -2.57. The number of piperidine rings is 1. The first kappa shape index (κ1) is 15.9. The van der Waals surface area contributed by atoms with Crippen LogP contribution in [0.3, 0.4) is 0 Å². The highest BCUT2D eigenvalue weighted by atomic mass is 16.2. The molecule has 0 radical (unpaired) electrons. The molecule has 7 nitrogen and oxygen atoms in total.